The van der Waals surface area contributed by atoms with Crippen molar-refractivity contribution >= 4 is 0 Å². The van der Waals surface area contributed by atoms with Crippen molar-refractivity contribution in [2.45, 2.75) is 12.5 Å². The molecular formula is C15H16O2. The maximum atomic E-state index is 9.81. The van der Waals surface area contributed by atoms with E-state index < -0.39 is 0 Å². The van der Waals surface area contributed by atoms with Gasteiger partial charge in [0.25, 0.3) is 0 Å². The lowest BCUT2D eigenvalue weighted by atomic mass is 10.0. The first-order chi connectivity index (χ1) is 8.31. The van der Waals surface area contributed by atoms with Crippen molar-refractivity contribution in [2.75, 3.05) is 7.11 Å². The molecule has 17 heavy (non-hydrogen) atoms. The van der Waals surface area contributed by atoms with Crippen molar-refractivity contribution in [3.8, 4) is 5.75 Å². The highest BCUT2D eigenvalue weighted by atomic mass is 16.5. The molecule has 0 fully saturated rings. The Morgan fingerprint density at radius 3 is 2.29 bits per heavy atom. The third kappa shape index (κ3) is 2.86. The van der Waals surface area contributed by atoms with E-state index in [1.165, 1.54) is 5.56 Å². The highest BCUT2D eigenvalue weighted by Gasteiger charge is 2.14. The van der Waals surface area contributed by atoms with E-state index in [9.17, 15) is 5.11 Å². The largest absolute Gasteiger partial charge is 0.508 e. The van der Waals surface area contributed by atoms with Gasteiger partial charge in [-0.15, -0.1) is 0 Å². The van der Waals surface area contributed by atoms with Crippen LogP contribution in [0.3, 0.4) is 0 Å². The van der Waals surface area contributed by atoms with Crippen LogP contribution in [-0.2, 0) is 11.2 Å². The smallest absolute Gasteiger partial charge is 0.121 e. The van der Waals surface area contributed by atoms with Crippen molar-refractivity contribution in [2.24, 2.45) is 0 Å². The van der Waals surface area contributed by atoms with Gasteiger partial charge >= 0.3 is 0 Å². The minimum absolute atomic E-state index is 0.112. The van der Waals surface area contributed by atoms with E-state index >= 15 is 0 Å². The van der Waals surface area contributed by atoms with Crippen LogP contribution in [0, 0.1) is 0 Å². The van der Waals surface area contributed by atoms with Gasteiger partial charge < -0.3 is 9.84 Å². The van der Waals surface area contributed by atoms with Gasteiger partial charge in [0.15, 0.2) is 0 Å². The van der Waals surface area contributed by atoms with Crippen LogP contribution in [0.4, 0.5) is 0 Å². The summed E-state index contributed by atoms with van der Waals surface area (Å²) in [5.74, 6) is 0.287. The average Bonchev–Trinajstić information content (AvgIpc) is 2.38. The Morgan fingerprint density at radius 2 is 1.65 bits per heavy atom. The summed E-state index contributed by atoms with van der Waals surface area (Å²) in [5.41, 5.74) is 2.03. The average molecular weight is 228 g/mol. The fourth-order valence-electron chi connectivity index (χ4n) is 1.91. The molecule has 0 saturated heterocycles. The molecule has 0 aliphatic carbocycles. The summed E-state index contributed by atoms with van der Waals surface area (Å²) in [6.07, 6.45) is 0.646. The molecule has 0 bridgehead atoms. The lowest BCUT2D eigenvalue weighted by Crippen LogP contribution is -2.05. The maximum Gasteiger partial charge on any atom is 0.121 e. The monoisotopic (exact) mass is 228 g/mol. The first-order valence-corrected chi connectivity index (χ1v) is 5.66. The molecule has 1 N–H and O–H groups in total. The number of aromatic hydroxyl groups is 1. The first-order valence-electron chi connectivity index (χ1n) is 5.66. The van der Waals surface area contributed by atoms with E-state index in [2.05, 4.69) is 12.1 Å². The van der Waals surface area contributed by atoms with Gasteiger partial charge in [-0.25, -0.2) is 0 Å². The summed E-state index contributed by atoms with van der Waals surface area (Å²) in [6.45, 7) is 0. The number of methoxy groups -OCH3 is 1. The Morgan fingerprint density at radius 1 is 1.00 bits per heavy atom. The van der Waals surface area contributed by atoms with Crippen molar-refractivity contribution < 1.29 is 9.84 Å². The molecule has 0 heterocycles. The van der Waals surface area contributed by atoms with Gasteiger partial charge in [0, 0.05) is 19.1 Å². The van der Waals surface area contributed by atoms with Crippen LogP contribution >= 0.6 is 0 Å². The van der Waals surface area contributed by atoms with Crippen molar-refractivity contribution in [1.82, 2.24) is 0 Å². The van der Waals surface area contributed by atoms with Crippen LogP contribution in [0.2, 0.25) is 0 Å². The molecule has 0 aromatic heterocycles. The van der Waals surface area contributed by atoms with E-state index in [1.54, 1.807) is 13.2 Å². The third-order valence-corrected chi connectivity index (χ3v) is 2.83. The van der Waals surface area contributed by atoms with Crippen LogP contribution in [0.5, 0.6) is 5.75 Å². The second-order valence-electron chi connectivity index (χ2n) is 3.97. The summed E-state index contributed by atoms with van der Waals surface area (Å²) in [4.78, 5) is 0. The second kappa shape index (κ2) is 5.51. The number of hydrogen-bond donors (Lipinski definition) is 1. The summed E-state index contributed by atoms with van der Waals surface area (Å²) in [7, 11) is 1.67. The van der Waals surface area contributed by atoms with E-state index in [0.29, 0.717) is 0 Å². The predicted octanol–water partition coefficient (Wildman–Crippen LogP) is 3.32. The minimum Gasteiger partial charge on any atom is -0.508 e. The number of ether oxygens (including phenoxy) is 1. The Hall–Kier alpha value is -1.80. The number of phenols is 1. The van der Waals surface area contributed by atoms with Gasteiger partial charge in [-0.05, 0) is 11.6 Å². The van der Waals surface area contributed by atoms with Gasteiger partial charge in [0.2, 0.25) is 0 Å². The van der Waals surface area contributed by atoms with Gasteiger partial charge in [-0.1, -0.05) is 48.5 Å². The standard InChI is InChI=1S/C15H16O2/c1-17-15(11-12-7-3-2-4-8-12)13-9-5-6-10-14(13)16/h2-10,15-16H,11H2,1H3. The molecule has 0 spiro atoms. The summed E-state index contributed by atoms with van der Waals surface area (Å²) >= 11 is 0. The Labute approximate surface area is 101 Å². The Balaban J connectivity index is 2.21. The Kier molecular flexibility index (Phi) is 3.78. The van der Waals surface area contributed by atoms with Gasteiger partial charge in [-0.3, -0.25) is 0 Å². The first kappa shape index (κ1) is 11.7. The molecule has 1 atom stereocenters. The SMILES string of the molecule is COC(Cc1ccccc1)c1ccccc1O. The number of phenolic OH excluding ortho intramolecular Hbond substituents is 1. The molecule has 2 nitrogen and oxygen atoms in total. The zero-order valence-corrected chi connectivity index (χ0v) is 9.84. The van der Waals surface area contributed by atoms with Crippen LogP contribution in [0.25, 0.3) is 0 Å². The summed E-state index contributed by atoms with van der Waals surface area (Å²) in [6, 6.07) is 17.4. The predicted molar refractivity (Wildman–Crippen MR) is 68.0 cm³/mol. The molecule has 2 aromatic carbocycles. The fraction of sp³-hybridized carbons (Fsp3) is 0.200. The number of benzene rings is 2. The molecule has 2 heteroatoms. The van der Waals surface area contributed by atoms with E-state index in [0.717, 1.165) is 12.0 Å². The molecule has 0 aliphatic heterocycles. The minimum atomic E-state index is -0.112. The molecule has 0 saturated carbocycles. The third-order valence-electron chi connectivity index (χ3n) is 2.83. The molecule has 0 aliphatic rings. The zero-order chi connectivity index (χ0) is 12.1. The number of rotatable bonds is 4. The Bertz CT molecular complexity index is 465. The van der Waals surface area contributed by atoms with Crippen molar-refractivity contribution in [3.05, 3.63) is 65.7 Å². The van der Waals surface area contributed by atoms with E-state index in [1.807, 2.05) is 36.4 Å². The fourth-order valence-corrected chi connectivity index (χ4v) is 1.91. The van der Waals surface area contributed by atoms with Crippen LogP contribution in [0.1, 0.15) is 17.2 Å². The topological polar surface area (TPSA) is 29.5 Å². The maximum absolute atomic E-state index is 9.81. The number of hydrogen-bond acceptors (Lipinski definition) is 2. The molecule has 1 unspecified atom stereocenters. The summed E-state index contributed by atoms with van der Waals surface area (Å²) < 4.78 is 5.46. The zero-order valence-electron chi connectivity index (χ0n) is 9.84. The van der Waals surface area contributed by atoms with Gasteiger partial charge in [-0.2, -0.15) is 0 Å². The van der Waals surface area contributed by atoms with Crippen molar-refractivity contribution in [3.63, 3.8) is 0 Å². The highest BCUT2D eigenvalue weighted by Crippen LogP contribution is 2.28. The van der Waals surface area contributed by atoms with Gasteiger partial charge in [0.05, 0.1) is 6.10 Å². The van der Waals surface area contributed by atoms with Gasteiger partial charge in [0.1, 0.15) is 5.75 Å². The molecule has 88 valence electrons. The summed E-state index contributed by atoms with van der Waals surface area (Å²) in [5, 5.41) is 9.81. The molecule has 0 radical (unpaired) electrons. The quantitative estimate of drug-likeness (QED) is 0.869. The highest BCUT2D eigenvalue weighted by molar-refractivity contribution is 5.34. The van der Waals surface area contributed by atoms with E-state index in [4.69, 9.17) is 4.74 Å². The molecular weight excluding hydrogens is 212 g/mol. The molecule has 0 amide bonds. The van der Waals surface area contributed by atoms with Crippen LogP contribution < -0.4 is 0 Å². The molecule has 2 rings (SSSR count). The van der Waals surface area contributed by atoms with Crippen molar-refractivity contribution in [1.29, 1.82) is 0 Å². The molecule has 2 aromatic rings. The van der Waals surface area contributed by atoms with Crippen LogP contribution in [0.15, 0.2) is 54.6 Å². The lowest BCUT2D eigenvalue weighted by molar-refractivity contribution is 0.101. The van der Waals surface area contributed by atoms with Crippen LogP contribution in [-0.4, -0.2) is 12.2 Å². The van der Waals surface area contributed by atoms with E-state index in [-0.39, 0.29) is 11.9 Å². The lowest BCUT2D eigenvalue weighted by Gasteiger charge is -2.17. The normalized spacial score (nSPS) is 12.3. The number of para-hydroxylation sites is 1. The second-order valence-corrected chi connectivity index (χ2v) is 3.97.